The maximum Gasteiger partial charge on any atom is 0.253 e. The molecule has 0 aliphatic carbocycles. The number of fused-ring (bicyclic) bond motifs is 1. The van der Waals surface area contributed by atoms with Gasteiger partial charge in [-0.15, -0.1) is 0 Å². The number of benzene rings is 3. The third-order valence-corrected chi connectivity index (χ3v) is 7.79. The van der Waals surface area contributed by atoms with Crippen molar-refractivity contribution in [3.63, 3.8) is 0 Å². The molecule has 0 bridgehead atoms. The van der Waals surface area contributed by atoms with E-state index < -0.39 is 0 Å². The Morgan fingerprint density at radius 1 is 0.944 bits per heavy atom. The van der Waals surface area contributed by atoms with Crippen molar-refractivity contribution in [1.29, 1.82) is 0 Å². The zero-order valence-corrected chi connectivity index (χ0v) is 20.2. The highest BCUT2D eigenvalue weighted by Crippen LogP contribution is 2.43. The van der Waals surface area contributed by atoms with E-state index in [2.05, 4.69) is 40.5 Å². The van der Waals surface area contributed by atoms with Crippen molar-refractivity contribution in [2.45, 2.75) is 19.3 Å². The first-order chi connectivity index (χ1) is 17.6. The number of hydrogen-bond acceptors (Lipinski definition) is 4. The Kier molecular flexibility index (Phi) is 5.48. The summed E-state index contributed by atoms with van der Waals surface area (Å²) in [6.45, 7) is 1.89. The lowest BCUT2D eigenvalue weighted by Gasteiger charge is -2.38. The highest BCUT2D eigenvalue weighted by Gasteiger charge is 2.49. The lowest BCUT2D eigenvalue weighted by Crippen LogP contribution is -2.46. The maximum atomic E-state index is 13.7. The average molecular weight is 481 g/mol. The molecule has 2 aliphatic rings. The van der Waals surface area contributed by atoms with E-state index >= 15 is 0 Å². The van der Waals surface area contributed by atoms with Crippen LogP contribution in [0.1, 0.15) is 29.6 Å². The van der Waals surface area contributed by atoms with E-state index in [1.165, 1.54) is 0 Å². The van der Waals surface area contributed by atoms with Gasteiger partial charge >= 0.3 is 0 Å². The molecule has 7 nitrogen and oxygen atoms in total. The first kappa shape index (κ1) is 22.3. The van der Waals surface area contributed by atoms with Crippen LogP contribution in [0.3, 0.4) is 0 Å². The molecule has 1 spiro atoms. The van der Waals surface area contributed by atoms with Gasteiger partial charge in [-0.1, -0.05) is 24.3 Å². The van der Waals surface area contributed by atoms with E-state index in [4.69, 9.17) is 4.74 Å². The van der Waals surface area contributed by atoms with Crippen LogP contribution in [0.2, 0.25) is 0 Å². The number of anilines is 1. The minimum absolute atomic E-state index is 0.0109. The van der Waals surface area contributed by atoms with Gasteiger partial charge in [0.2, 0.25) is 5.91 Å². The molecule has 0 radical (unpaired) electrons. The summed E-state index contributed by atoms with van der Waals surface area (Å²) < 4.78 is 5.19. The Labute approximate surface area is 209 Å². The molecule has 3 aromatic carbocycles. The largest absolute Gasteiger partial charge is 0.497 e. The zero-order chi connectivity index (χ0) is 24.7. The van der Waals surface area contributed by atoms with Crippen LogP contribution in [-0.2, 0) is 4.79 Å². The highest BCUT2D eigenvalue weighted by atomic mass is 16.5. The molecule has 182 valence electrons. The van der Waals surface area contributed by atoms with Crippen LogP contribution in [0.15, 0.2) is 72.9 Å². The average Bonchev–Trinajstić information content (AvgIpc) is 3.53. The Balaban J connectivity index is 1.16. The molecule has 2 saturated heterocycles. The van der Waals surface area contributed by atoms with Gasteiger partial charge in [-0.05, 0) is 72.9 Å². The van der Waals surface area contributed by atoms with E-state index in [-0.39, 0.29) is 17.2 Å². The van der Waals surface area contributed by atoms with Gasteiger partial charge in [0.05, 0.1) is 24.2 Å². The van der Waals surface area contributed by atoms with Crippen molar-refractivity contribution < 1.29 is 14.3 Å². The number of carbonyl (C=O) groups excluding carboxylic acids is 2. The van der Waals surface area contributed by atoms with Gasteiger partial charge in [-0.3, -0.25) is 14.7 Å². The fraction of sp³-hybridized carbons (Fsp3) is 0.276. The molecule has 36 heavy (non-hydrogen) atoms. The Hall–Kier alpha value is -4.13. The third kappa shape index (κ3) is 3.81. The summed E-state index contributed by atoms with van der Waals surface area (Å²) >= 11 is 0. The predicted molar refractivity (Wildman–Crippen MR) is 139 cm³/mol. The number of nitrogens with zero attached hydrogens (tertiary/aromatic N) is 3. The summed E-state index contributed by atoms with van der Waals surface area (Å²) in [5.41, 5.74) is 4.33. The fourth-order valence-electron chi connectivity index (χ4n) is 5.55. The third-order valence-electron chi connectivity index (χ3n) is 7.79. The molecule has 0 unspecified atom stereocenters. The molecule has 0 atom stereocenters. The van der Waals surface area contributed by atoms with Gasteiger partial charge in [0, 0.05) is 36.3 Å². The number of methoxy groups -OCH3 is 1. The lowest BCUT2D eigenvalue weighted by atomic mass is 9.77. The summed E-state index contributed by atoms with van der Waals surface area (Å²) in [6.07, 6.45) is 4.02. The van der Waals surface area contributed by atoms with Crippen LogP contribution in [0.5, 0.6) is 5.75 Å². The second kappa shape index (κ2) is 8.82. The van der Waals surface area contributed by atoms with Crippen LogP contribution in [0, 0.1) is 5.41 Å². The van der Waals surface area contributed by atoms with Crippen molar-refractivity contribution >= 4 is 28.4 Å². The fourth-order valence-corrected chi connectivity index (χ4v) is 5.55. The van der Waals surface area contributed by atoms with E-state index in [9.17, 15) is 9.59 Å². The highest BCUT2D eigenvalue weighted by molar-refractivity contribution is 6.01. The Morgan fingerprint density at radius 3 is 2.47 bits per heavy atom. The van der Waals surface area contributed by atoms with Gasteiger partial charge in [0.1, 0.15) is 5.75 Å². The van der Waals surface area contributed by atoms with Gasteiger partial charge in [-0.2, -0.15) is 5.10 Å². The van der Waals surface area contributed by atoms with Crippen molar-refractivity contribution in [3.05, 3.63) is 78.5 Å². The molecule has 0 saturated carbocycles. The minimum Gasteiger partial charge on any atom is -0.497 e. The molecule has 7 heteroatoms. The van der Waals surface area contributed by atoms with Crippen LogP contribution in [-0.4, -0.2) is 53.7 Å². The molecular formula is C29H28N4O3. The molecule has 1 aromatic heterocycles. The summed E-state index contributed by atoms with van der Waals surface area (Å²) in [7, 11) is 1.61. The quantitative estimate of drug-likeness (QED) is 0.451. The van der Waals surface area contributed by atoms with Crippen molar-refractivity contribution in [3.8, 4) is 16.9 Å². The lowest BCUT2D eigenvalue weighted by molar-refractivity contribution is -0.127. The molecule has 2 aliphatic heterocycles. The Bertz CT molecular complexity index is 1430. The number of nitrogens with one attached hydrogen (secondary N) is 1. The predicted octanol–water partition coefficient (Wildman–Crippen LogP) is 4.90. The minimum atomic E-state index is -0.387. The first-order valence-electron chi connectivity index (χ1n) is 12.4. The number of likely N-dealkylation sites (tertiary alicyclic amines) is 1. The number of aromatic nitrogens is 2. The second-order valence-electron chi connectivity index (χ2n) is 9.73. The molecule has 4 aromatic rings. The number of H-pyrrole nitrogens is 1. The number of aromatic amines is 1. The summed E-state index contributed by atoms with van der Waals surface area (Å²) in [5, 5.41) is 8.20. The van der Waals surface area contributed by atoms with Gasteiger partial charge in [-0.25, -0.2) is 0 Å². The number of hydrogen-bond donors (Lipinski definition) is 1. The van der Waals surface area contributed by atoms with Crippen LogP contribution >= 0.6 is 0 Å². The van der Waals surface area contributed by atoms with Crippen molar-refractivity contribution in [2.75, 3.05) is 31.6 Å². The smallest absolute Gasteiger partial charge is 0.253 e. The Morgan fingerprint density at radius 2 is 1.69 bits per heavy atom. The second-order valence-corrected chi connectivity index (χ2v) is 9.73. The molecule has 6 rings (SSSR count). The van der Waals surface area contributed by atoms with Crippen molar-refractivity contribution in [1.82, 2.24) is 15.1 Å². The number of ether oxygens (including phenoxy) is 1. The van der Waals surface area contributed by atoms with Crippen LogP contribution < -0.4 is 9.64 Å². The molecule has 3 heterocycles. The summed E-state index contributed by atoms with van der Waals surface area (Å²) in [6, 6.07) is 21.6. The first-order valence-corrected chi connectivity index (χ1v) is 12.4. The molecular weight excluding hydrogens is 452 g/mol. The maximum absolute atomic E-state index is 13.7. The van der Waals surface area contributed by atoms with Crippen LogP contribution in [0.4, 0.5) is 5.69 Å². The number of amides is 2. The van der Waals surface area contributed by atoms with E-state index in [0.29, 0.717) is 38.0 Å². The van der Waals surface area contributed by atoms with Gasteiger partial charge < -0.3 is 14.5 Å². The van der Waals surface area contributed by atoms with Crippen molar-refractivity contribution in [2.24, 2.45) is 5.41 Å². The van der Waals surface area contributed by atoms with E-state index in [1.807, 2.05) is 28.1 Å². The van der Waals surface area contributed by atoms with E-state index in [1.54, 1.807) is 31.4 Å². The van der Waals surface area contributed by atoms with Crippen LogP contribution in [0.25, 0.3) is 22.0 Å². The molecule has 2 amide bonds. The SMILES string of the molecule is COc1ccc(C(=O)N2CCC3(CC2)CCN(c2cccc(-c4ccc5cn[nH]c5c4)c2)C3=O)cc1. The summed E-state index contributed by atoms with van der Waals surface area (Å²) in [5.74, 6) is 0.920. The monoisotopic (exact) mass is 480 g/mol. The number of piperidine rings is 1. The summed E-state index contributed by atoms with van der Waals surface area (Å²) in [4.78, 5) is 30.5. The molecule has 1 N–H and O–H groups in total. The van der Waals surface area contributed by atoms with Gasteiger partial charge in [0.15, 0.2) is 0 Å². The van der Waals surface area contributed by atoms with Gasteiger partial charge in [0.25, 0.3) is 5.91 Å². The topological polar surface area (TPSA) is 78.5 Å². The zero-order valence-electron chi connectivity index (χ0n) is 20.2. The number of carbonyl (C=O) groups is 2. The normalized spacial score (nSPS) is 17.2. The van der Waals surface area contributed by atoms with E-state index in [0.717, 1.165) is 39.9 Å². The standard InChI is InChI=1S/C29H28N4O3/c1-36-25-9-7-20(8-10-25)27(34)32-14-11-29(12-15-32)13-16-33(28(29)35)24-4-2-3-21(17-24)22-5-6-23-19-30-31-26(23)18-22/h2-10,17-19H,11-16H2,1H3,(H,30,31). The molecule has 2 fully saturated rings. The number of rotatable bonds is 4.